The van der Waals surface area contributed by atoms with Crippen LogP contribution >= 0.6 is 0 Å². The monoisotopic (exact) mass is 208 g/mol. The highest BCUT2D eigenvalue weighted by molar-refractivity contribution is 5.16. The zero-order valence-corrected chi connectivity index (χ0v) is 8.38. The molecule has 5 nitrogen and oxygen atoms in total. The Labute approximate surface area is 86.3 Å². The second-order valence-electron chi connectivity index (χ2n) is 4.21. The maximum Gasteiger partial charge on any atom is 0.300 e. The quantitative estimate of drug-likeness (QED) is 0.652. The lowest BCUT2D eigenvalue weighted by molar-refractivity contribution is 0.0628. The van der Waals surface area contributed by atoms with E-state index in [9.17, 15) is 9.90 Å². The van der Waals surface area contributed by atoms with Gasteiger partial charge in [0, 0.05) is 11.8 Å². The Morgan fingerprint density at radius 1 is 1.60 bits per heavy atom. The Balaban J connectivity index is 2.11. The smallest absolute Gasteiger partial charge is 0.300 e. The Kier molecular flexibility index (Phi) is 1.68. The van der Waals surface area contributed by atoms with Gasteiger partial charge in [0.2, 0.25) is 0 Å². The highest BCUT2D eigenvalue weighted by Gasteiger charge is 2.44. The number of ether oxygens (including phenoxy) is 1. The Hall–Kier alpha value is -1.36. The lowest BCUT2D eigenvalue weighted by atomic mass is 10.2. The number of aliphatic hydroxyl groups excluding tert-OH is 1. The summed E-state index contributed by atoms with van der Waals surface area (Å²) in [6, 6.07) is 0.487. The van der Waals surface area contributed by atoms with Gasteiger partial charge >= 0.3 is 6.01 Å². The first kappa shape index (κ1) is 8.91. The Morgan fingerprint density at radius 2 is 2.40 bits per heavy atom. The van der Waals surface area contributed by atoms with Crippen molar-refractivity contribution in [3.8, 4) is 6.01 Å². The van der Waals surface area contributed by atoms with Gasteiger partial charge in [0.25, 0.3) is 5.56 Å². The summed E-state index contributed by atoms with van der Waals surface area (Å²) < 4.78 is 7.35. The molecule has 80 valence electrons. The first-order chi connectivity index (χ1) is 7.16. The Bertz CT molecular complexity index is 468. The summed E-state index contributed by atoms with van der Waals surface area (Å²) in [7, 11) is 0. The van der Waals surface area contributed by atoms with Crippen molar-refractivity contribution >= 4 is 0 Å². The summed E-state index contributed by atoms with van der Waals surface area (Å²) in [6.45, 7) is 1.74. The van der Waals surface area contributed by atoms with Crippen LogP contribution in [0.15, 0.2) is 11.0 Å². The molecule has 0 saturated heterocycles. The molecule has 1 N–H and O–H groups in total. The number of rotatable bonds is 0. The molecule has 0 amide bonds. The third-order valence-electron chi connectivity index (χ3n) is 3.20. The number of hydrogen-bond donors (Lipinski definition) is 1. The summed E-state index contributed by atoms with van der Waals surface area (Å²) in [5.74, 6) is 0. The largest absolute Gasteiger partial charge is 0.456 e. The highest BCUT2D eigenvalue weighted by atomic mass is 16.5. The van der Waals surface area contributed by atoms with Crippen molar-refractivity contribution in [2.24, 2.45) is 0 Å². The molecule has 3 rings (SSSR count). The molecule has 1 aliphatic heterocycles. The van der Waals surface area contributed by atoms with Crippen LogP contribution in [0.5, 0.6) is 6.01 Å². The van der Waals surface area contributed by atoms with E-state index in [-0.39, 0.29) is 17.7 Å². The van der Waals surface area contributed by atoms with Crippen LogP contribution in [-0.2, 0) is 0 Å². The number of fused-ring (bicyclic) bond motifs is 3. The van der Waals surface area contributed by atoms with Crippen LogP contribution in [0.3, 0.4) is 0 Å². The van der Waals surface area contributed by atoms with Crippen molar-refractivity contribution < 1.29 is 9.84 Å². The molecule has 15 heavy (non-hydrogen) atoms. The van der Waals surface area contributed by atoms with Gasteiger partial charge in [-0.2, -0.15) is 4.98 Å². The van der Waals surface area contributed by atoms with E-state index in [0.29, 0.717) is 11.6 Å². The maximum atomic E-state index is 11.3. The molecule has 1 aromatic rings. The third kappa shape index (κ3) is 1.13. The molecule has 3 atom stereocenters. The zero-order valence-electron chi connectivity index (χ0n) is 8.38. The van der Waals surface area contributed by atoms with Gasteiger partial charge in [-0.15, -0.1) is 0 Å². The van der Waals surface area contributed by atoms with E-state index in [1.54, 1.807) is 13.1 Å². The van der Waals surface area contributed by atoms with Crippen molar-refractivity contribution in [3.63, 3.8) is 0 Å². The lowest BCUT2D eigenvalue weighted by Gasteiger charge is -2.11. The maximum absolute atomic E-state index is 11.3. The van der Waals surface area contributed by atoms with Gasteiger partial charge in [-0.25, -0.2) is 0 Å². The van der Waals surface area contributed by atoms with Crippen molar-refractivity contribution in [2.45, 2.75) is 38.0 Å². The summed E-state index contributed by atoms with van der Waals surface area (Å²) in [4.78, 5) is 15.2. The molecule has 0 unspecified atom stereocenters. The number of aromatic nitrogens is 2. The minimum absolute atomic E-state index is 0.141. The summed E-state index contributed by atoms with van der Waals surface area (Å²) in [5.41, 5.74) is 0.361. The fraction of sp³-hybridized carbons (Fsp3) is 0.600. The first-order valence-electron chi connectivity index (χ1n) is 5.11. The van der Waals surface area contributed by atoms with Crippen LogP contribution in [0.25, 0.3) is 0 Å². The normalized spacial score (nSPS) is 32.3. The number of aliphatic hydroxyl groups is 1. The molecule has 5 heteroatoms. The van der Waals surface area contributed by atoms with Crippen LogP contribution in [-0.4, -0.2) is 26.9 Å². The molecule has 0 bridgehead atoms. The van der Waals surface area contributed by atoms with Crippen molar-refractivity contribution in [1.29, 1.82) is 0 Å². The molecule has 0 aromatic carbocycles. The molecule has 0 spiro atoms. The molecular formula is C10H12N2O3. The number of nitrogens with zero attached hydrogens (tertiary/aromatic N) is 2. The van der Waals surface area contributed by atoms with E-state index in [1.807, 2.05) is 4.57 Å². The lowest BCUT2D eigenvalue weighted by Crippen LogP contribution is -2.26. The van der Waals surface area contributed by atoms with E-state index < -0.39 is 6.10 Å². The van der Waals surface area contributed by atoms with Gasteiger partial charge in [-0.3, -0.25) is 9.36 Å². The molecule has 1 saturated carbocycles. The van der Waals surface area contributed by atoms with Gasteiger partial charge in [0.1, 0.15) is 6.10 Å². The van der Waals surface area contributed by atoms with Crippen molar-refractivity contribution in [1.82, 2.24) is 9.55 Å². The number of aryl methyl sites for hydroxylation is 1. The molecule has 1 aliphatic carbocycles. The molecule has 1 fully saturated rings. The molecular weight excluding hydrogens is 196 g/mol. The van der Waals surface area contributed by atoms with Crippen molar-refractivity contribution in [2.75, 3.05) is 0 Å². The van der Waals surface area contributed by atoms with Crippen LogP contribution < -0.4 is 10.3 Å². The summed E-state index contributed by atoms with van der Waals surface area (Å²) >= 11 is 0. The molecule has 2 aliphatic rings. The standard InChI is InChI=1S/C10H12N2O3/c1-5-4-12-6-2-3-7(13)8(6)15-10(12)11-9(5)14/h4,6-8,13H,2-3H2,1H3/t6-,7-,8-/m0/s1. The first-order valence-corrected chi connectivity index (χ1v) is 5.11. The minimum atomic E-state index is -0.438. The Morgan fingerprint density at radius 3 is 3.20 bits per heavy atom. The second kappa shape index (κ2) is 2.82. The molecule has 1 aromatic heterocycles. The van der Waals surface area contributed by atoms with Crippen molar-refractivity contribution in [3.05, 3.63) is 22.1 Å². The average molecular weight is 208 g/mol. The fourth-order valence-electron chi connectivity index (χ4n) is 2.38. The van der Waals surface area contributed by atoms with E-state index in [2.05, 4.69) is 4.98 Å². The van der Waals surface area contributed by atoms with Gasteiger partial charge in [-0.05, 0) is 19.8 Å². The van der Waals surface area contributed by atoms with E-state index >= 15 is 0 Å². The SMILES string of the molecule is Cc1cn2c(nc1=O)O[C@@H]1[C@@H](O)CC[C@@H]12. The minimum Gasteiger partial charge on any atom is -0.456 e. The van der Waals surface area contributed by atoms with E-state index in [0.717, 1.165) is 12.8 Å². The number of hydrogen-bond acceptors (Lipinski definition) is 4. The zero-order chi connectivity index (χ0) is 10.6. The predicted molar refractivity (Wildman–Crippen MR) is 51.9 cm³/mol. The fourth-order valence-corrected chi connectivity index (χ4v) is 2.38. The van der Waals surface area contributed by atoms with Gasteiger partial charge < -0.3 is 9.84 Å². The van der Waals surface area contributed by atoms with Crippen LogP contribution in [0.2, 0.25) is 0 Å². The summed E-state index contributed by atoms with van der Waals surface area (Å²) in [6.07, 6.45) is 2.74. The molecule has 2 heterocycles. The van der Waals surface area contributed by atoms with E-state index in [1.165, 1.54) is 0 Å². The topological polar surface area (TPSA) is 64.4 Å². The van der Waals surface area contributed by atoms with Crippen LogP contribution in [0, 0.1) is 6.92 Å². The van der Waals surface area contributed by atoms with Gasteiger partial charge in [0.05, 0.1) is 12.1 Å². The van der Waals surface area contributed by atoms with E-state index in [4.69, 9.17) is 4.74 Å². The highest BCUT2D eigenvalue weighted by Crippen LogP contribution is 2.39. The third-order valence-corrected chi connectivity index (χ3v) is 3.20. The van der Waals surface area contributed by atoms with Crippen LogP contribution in [0.1, 0.15) is 24.4 Å². The second-order valence-corrected chi connectivity index (χ2v) is 4.21. The summed E-state index contributed by atoms with van der Waals surface area (Å²) in [5, 5.41) is 9.67. The van der Waals surface area contributed by atoms with Crippen LogP contribution in [0.4, 0.5) is 0 Å². The predicted octanol–water partition coefficient (Wildman–Crippen LogP) is 0.00852. The van der Waals surface area contributed by atoms with Gasteiger partial charge in [-0.1, -0.05) is 0 Å². The average Bonchev–Trinajstić information content (AvgIpc) is 2.70. The van der Waals surface area contributed by atoms with Gasteiger partial charge in [0.15, 0.2) is 0 Å². The molecule has 0 radical (unpaired) electrons.